The van der Waals surface area contributed by atoms with Crippen molar-refractivity contribution < 1.29 is 32.6 Å². The minimum Gasteiger partial charge on any atom is -0.489 e. The number of carbonyl (C=O) groups excluding carboxylic acids is 1. The lowest BCUT2D eigenvalue weighted by Gasteiger charge is -2.33. The van der Waals surface area contributed by atoms with Gasteiger partial charge in [0.2, 0.25) is 5.91 Å². The van der Waals surface area contributed by atoms with Gasteiger partial charge >= 0.3 is 12.1 Å². The number of aromatic nitrogens is 3. The van der Waals surface area contributed by atoms with Gasteiger partial charge in [0.25, 0.3) is 0 Å². The average molecular weight is 623 g/mol. The molecule has 2 aromatic heterocycles. The molecule has 8 nitrogen and oxygen atoms in total. The first-order valence-electron chi connectivity index (χ1n) is 15.7. The summed E-state index contributed by atoms with van der Waals surface area (Å²) in [5, 5.41) is 13.0. The summed E-state index contributed by atoms with van der Waals surface area (Å²) >= 11 is 0. The summed E-state index contributed by atoms with van der Waals surface area (Å²) in [5.41, 5.74) is 2.74. The number of alkyl halides is 3. The van der Waals surface area contributed by atoms with E-state index in [1.54, 1.807) is 12.1 Å². The summed E-state index contributed by atoms with van der Waals surface area (Å²) in [6.45, 7) is 6.18. The molecule has 1 aliphatic heterocycles. The molecule has 1 amide bonds. The Bertz CT molecular complexity index is 1630. The van der Waals surface area contributed by atoms with E-state index in [2.05, 4.69) is 36.1 Å². The van der Waals surface area contributed by atoms with Crippen LogP contribution < -0.4 is 4.74 Å². The van der Waals surface area contributed by atoms with Crippen LogP contribution in [0.2, 0.25) is 0 Å². The number of allylic oxidation sites excluding steroid dienone is 1. The van der Waals surface area contributed by atoms with Gasteiger partial charge < -0.3 is 14.7 Å². The smallest absolute Gasteiger partial charge is 0.434 e. The molecule has 3 aliphatic rings. The zero-order chi connectivity index (χ0) is 31.9. The number of hydrogen-bond acceptors (Lipinski definition) is 5. The summed E-state index contributed by atoms with van der Waals surface area (Å²) in [6.07, 6.45) is 2.19. The number of benzene rings is 1. The van der Waals surface area contributed by atoms with Crippen molar-refractivity contribution in [3.05, 3.63) is 76.2 Å². The van der Waals surface area contributed by atoms with Crippen LogP contribution in [-0.2, 0) is 17.4 Å². The molecule has 2 fully saturated rings. The molecular formula is C34H37F3N4O4. The SMILES string of the molecule is CCc1cc(OCC2=C(c3cccc(-n4ncc(C(=O)O)c4C(F)(F)F)n3)CCC2C)ccc1C1CCN(C(=O)C2CC2)CC1. The Morgan fingerprint density at radius 2 is 1.82 bits per heavy atom. The van der Waals surface area contributed by atoms with E-state index >= 15 is 0 Å². The molecule has 0 radical (unpaired) electrons. The minimum atomic E-state index is -4.93. The quantitative estimate of drug-likeness (QED) is 0.278. The van der Waals surface area contributed by atoms with Crippen LogP contribution in [0.15, 0.2) is 48.2 Å². The second-order valence-electron chi connectivity index (χ2n) is 12.3. The van der Waals surface area contributed by atoms with E-state index in [-0.39, 0.29) is 17.7 Å². The van der Waals surface area contributed by atoms with Crippen molar-refractivity contribution in [2.75, 3.05) is 19.7 Å². The fourth-order valence-electron chi connectivity index (χ4n) is 6.71. The maximum Gasteiger partial charge on any atom is 0.434 e. The molecule has 1 aromatic carbocycles. The van der Waals surface area contributed by atoms with Crippen LogP contribution in [0.25, 0.3) is 11.4 Å². The van der Waals surface area contributed by atoms with Crippen LogP contribution >= 0.6 is 0 Å². The number of ether oxygens (including phenoxy) is 1. The van der Waals surface area contributed by atoms with Gasteiger partial charge in [-0.05, 0) is 103 Å². The van der Waals surface area contributed by atoms with Gasteiger partial charge in [-0.15, -0.1) is 0 Å². The first-order valence-corrected chi connectivity index (χ1v) is 15.7. The Hall–Kier alpha value is -4.15. The number of aromatic carboxylic acids is 1. The maximum absolute atomic E-state index is 13.8. The Labute approximate surface area is 259 Å². The third-order valence-corrected chi connectivity index (χ3v) is 9.40. The molecule has 6 rings (SSSR count). The summed E-state index contributed by atoms with van der Waals surface area (Å²) in [5.74, 6) is 0.147. The van der Waals surface area contributed by atoms with Gasteiger partial charge in [0.15, 0.2) is 11.5 Å². The van der Waals surface area contributed by atoms with Crippen LogP contribution in [-0.4, -0.2) is 56.3 Å². The standard InChI is InChI=1S/C34H37F3N4O4/c1-3-21-17-24(10-12-25(21)22-13-15-40(16-14-22)32(42)23-8-9-23)45-19-28-20(2)7-11-26(28)29-5-4-6-30(39-29)41-31(34(35,36)37)27(18-38-41)33(43)44/h4-6,10,12,17-18,20,22-23H,3,7-9,11,13-16,19H2,1-2H3,(H,43,44). The number of carboxylic acid groups (broad SMARTS) is 1. The molecule has 3 aromatic rings. The Kier molecular flexibility index (Phi) is 8.45. The first kappa shape index (κ1) is 30.9. The molecule has 238 valence electrons. The maximum atomic E-state index is 13.8. The minimum absolute atomic E-state index is 0.106. The summed E-state index contributed by atoms with van der Waals surface area (Å²) in [7, 11) is 0. The van der Waals surface area contributed by atoms with Crippen molar-refractivity contribution in [2.24, 2.45) is 11.8 Å². The summed E-state index contributed by atoms with van der Waals surface area (Å²) in [6, 6.07) is 11.0. The number of piperidine rings is 1. The fraction of sp³-hybridized carbons (Fsp3) is 0.471. The van der Waals surface area contributed by atoms with Crippen LogP contribution in [0, 0.1) is 11.8 Å². The number of carbonyl (C=O) groups is 2. The Morgan fingerprint density at radius 3 is 2.49 bits per heavy atom. The van der Waals surface area contributed by atoms with E-state index < -0.39 is 23.4 Å². The van der Waals surface area contributed by atoms with Crippen molar-refractivity contribution in [1.82, 2.24) is 19.7 Å². The van der Waals surface area contributed by atoms with Crippen molar-refractivity contribution in [2.45, 2.75) is 70.9 Å². The van der Waals surface area contributed by atoms with Crippen molar-refractivity contribution in [3.8, 4) is 11.6 Å². The second-order valence-corrected chi connectivity index (χ2v) is 12.3. The molecule has 1 saturated heterocycles. The van der Waals surface area contributed by atoms with Crippen LogP contribution in [0.3, 0.4) is 0 Å². The lowest BCUT2D eigenvalue weighted by atomic mass is 9.85. The molecule has 0 bridgehead atoms. The second kappa shape index (κ2) is 12.3. The predicted molar refractivity (Wildman–Crippen MR) is 161 cm³/mol. The highest BCUT2D eigenvalue weighted by molar-refractivity contribution is 5.89. The molecule has 1 unspecified atom stereocenters. The number of halogens is 3. The van der Waals surface area contributed by atoms with E-state index in [1.165, 1.54) is 17.2 Å². The molecule has 1 N–H and O–H groups in total. The molecule has 1 atom stereocenters. The number of hydrogen-bond donors (Lipinski definition) is 1. The predicted octanol–water partition coefficient (Wildman–Crippen LogP) is 6.93. The number of aryl methyl sites for hydroxylation is 1. The van der Waals surface area contributed by atoms with Gasteiger partial charge in [-0.3, -0.25) is 4.79 Å². The number of pyridine rings is 1. The van der Waals surface area contributed by atoms with Crippen LogP contribution in [0.4, 0.5) is 13.2 Å². The van der Waals surface area contributed by atoms with Gasteiger partial charge in [-0.1, -0.05) is 26.0 Å². The average Bonchev–Trinajstić information content (AvgIpc) is 3.66. The molecule has 45 heavy (non-hydrogen) atoms. The van der Waals surface area contributed by atoms with Gasteiger partial charge in [-0.25, -0.2) is 14.5 Å². The highest BCUT2D eigenvalue weighted by atomic mass is 19.4. The van der Waals surface area contributed by atoms with E-state index in [0.29, 0.717) is 41.4 Å². The third kappa shape index (κ3) is 6.35. The van der Waals surface area contributed by atoms with Crippen LogP contribution in [0.1, 0.15) is 91.2 Å². The number of amides is 1. The summed E-state index contributed by atoms with van der Waals surface area (Å²) < 4.78 is 48.4. The largest absolute Gasteiger partial charge is 0.489 e. The van der Waals surface area contributed by atoms with Crippen molar-refractivity contribution >= 4 is 17.4 Å². The molecule has 3 heterocycles. The van der Waals surface area contributed by atoms with Crippen molar-refractivity contribution in [1.29, 1.82) is 0 Å². The number of rotatable bonds is 9. The molecule has 0 spiro atoms. The Balaban J connectivity index is 1.19. The first-order chi connectivity index (χ1) is 21.5. The Morgan fingerprint density at radius 1 is 1.07 bits per heavy atom. The van der Waals surface area contributed by atoms with Gasteiger partial charge in [-0.2, -0.15) is 18.3 Å². The molecule has 11 heteroatoms. The lowest BCUT2D eigenvalue weighted by molar-refractivity contribution is -0.143. The summed E-state index contributed by atoms with van der Waals surface area (Å²) in [4.78, 5) is 30.5. The van der Waals surface area contributed by atoms with E-state index in [9.17, 15) is 27.9 Å². The molecule has 1 saturated carbocycles. The van der Waals surface area contributed by atoms with Gasteiger partial charge in [0.05, 0.1) is 11.9 Å². The number of carboxylic acids is 1. The van der Waals surface area contributed by atoms with Gasteiger partial charge in [0.1, 0.15) is 17.9 Å². The fourth-order valence-corrected chi connectivity index (χ4v) is 6.71. The van der Waals surface area contributed by atoms with E-state index in [0.717, 1.165) is 68.5 Å². The van der Waals surface area contributed by atoms with Crippen molar-refractivity contribution in [3.63, 3.8) is 0 Å². The third-order valence-electron chi connectivity index (χ3n) is 9.40. The van der Waals surface area contributed by atoms with Gasteiger partial charge in [0, 0.05) is 19.0 Å². The topological polar surface area (TPSA) is 97.6 Å². The number of likely N-dealkylation sites (tertiary alicyclic amines) is 1. The number of nitrogens with zero attached hydrogens (tertiary/aromatic N) is 4. The highest BCUT2D eigenvalue weighted by Gasteiger charge is 2.41. The zero-order valence-corrected chi connectivity index (χ0v) is 25.4. The zero-order valence-electron chi connectivity index (χ0n) is 25.4. The normalized spacial score (nSPS) is 19.3. The highest BCUT2D eigenvalue weighted by Crippen LogP contribution is 2.40. The molecule has 2 aliphatic carbocycles. The van der Waals surface area contributed by atoms with E-state index in [1.807, 2.05) is 11.0 Å². The lowest BCUT2D eigenvalue weighted by Crippen LogP contribution is -2.38. The molecular weight excluding hydrogens is 585 g/mol. The van der Waals surface area contributed by atoms with E-state index in [4.69, 9.17) is 4.74 Å². The van der Waals surface area contributed by atoms with Crippen LogP contribution in [0.5, 0.6) is 5.75 Å². The monoisotopic (exact) mass is 622 g/mol.